The van der Waals surface area contributed by atoms with E-state index in [9.17, 15) is 4.79 Å². The van der Waals surface area contributed by atoms with Gasteiger partial charge in [0.05, 0.1) is 13.2 Å². The third kappa shape index (κ3) is 4.65. The minimum Gasteiger partial charge on any atom is -0.378 e. The van der Waals surface area contributed by atoms with Crippen LogP contribution in [0.1, 0.15) is 36.7 Å². The van der Waals surface area contributed by atoms with Crippen molar-refractivity contribution in [1.29, 1.82) is 0 Å². The van der Waals surface area contributed by atoms with Gasteiger partial charge in [-0.3, -0.25) is 4.79 Å². The smallest absolute Gasteiger partial charge is 0.255 e. The van der Waals surface area contributed by atoms with Crippen molar-refractivity contribution in [3.63, 3.8) is 0 Å². The zero-order chi connectivity index (χ0) is 20.1. The third-order valence-electron chi connectivity index (χ3n) is 5.26. The van der Waals surface area contributed by atoms with Gasteiger partial charge in [-0.15, -0.1) is 0 Å². The number of rotatable bonds is 6. The minimum atomic E-state index is -0.0821. The fraction of sp³-hybridized carbons (Fsp3) is 0.435. The molecule has 0 radical (unpaired) electrons. The molecule has 2 aromatic carbocycles. The lowest BCUT2D eigenvalue weighted by Crippen LogP contribution is -2.36. The van der Waals surface area contributed by atoms with Gasteiger partial charge in [-0.25, -0.2) is 0 Å². The number of morpholine rings is 1. The second-order valence-corrected chi connectivity index (χ2v) is 7.48. The summed E-state index contributed by atoms with van der Waals surface area (Å²) in [5.74, 6) is -0.0821. The Morgan fingerprint density at radius 2 is 1.82 bits per heavy atom. The lowest BCUT2D eigenvalue weighted by Gasteiger charge is -2.29. The highest BCUT2D eigenvalue weighted by molar-refractivity contribution is 6.04. The van der Waals surface area contributed by atoms with Gasteiger partial charge in [-0.2, -0.15) is 0 Å². The Labute approximate surface area is 168 Å². The maximum Gasteiger partial charge on any atom is 0.255 e. The topological polar surface area (TPSA) is 44.8 Å². The van der Waals surface area contributed by atoms with Crippen LogP contribution in [0, 0.1) is 6.92 Å². The average Bonchev–Trinajstić information content (AvgIpc) is 2.71. The molecule has 5 nitrogen and oxygen atoms in total. The Bertz CT molecular complexity index is 796. The molecule has 0 aromatic heterocycles. The van der Waals surface area contributed by atoms with Crippen molar-refractivity contribution < 1.29 is 9.53 Å². The summed E-state index contributed by atoms with van der Waals surface area (Å²) in [6.45, 7) is 12.8. The molecular weight excluding hydrogens is 350 g/mol. The van der Waals surface area contributed by atoms with Gasteiger partial charge in [0.2, 0.25) is 0 Å². The molecule has 1 heterocycles. The first-order chi connectivity index (χ1) is 13.5. The van der Waals surface area contributed by atoms with E-state index in [2.05, 4.69) is 48.0 Å². The standard InChI is InChI=1S/C23H31N3O2/c1-5-26(17(2)3)20-8-6-19(7-9-20)23(27)24-22-11-10-21(16-18(22)4)25-12-14-28-15-13-25/h6-11,16-17H,5,12-15H2,1-4H3,(H,24,27). The summed E-state index contributed by atoms with van der Waals surface area (Å²) < 4.78 is 5.42. The van der Waals surface area contributed by atoms with E-state index in [-0.39, 0.29) is 5.91 Å². The van der Waals surface area contributed by atoms with Crippen molar-refractivity contribution in [1.82, 2.24) is 0 Å². The predicted octanol–water partition coefficient (Wildman–Crippen LogP) is 4.32. The summed E-state index contributed by atoms with van der Waals surface area (Å²) >= 11 is 0. The second-order valence-electron chi connectivity index (χ2n) is 7.48. The van der Waals surface area contributed by atoms with Crippen molar-refractivity contribution in [2.45, 2.75) is 33.7 Å². The zero-order valence-electron chi connectivity index (χ0n) is 17.4. The Morgan fingerprint density at radius 3 is 2.39 bits per heavy atom. The summed E-state index contributed by atoms with van der Waals surface area (Å²) in [6.07, 6.45) is 0. The summed E-state index contributed by atoms with van der Waals surface area (Å²) in [5.41, 5.74) is 4.89. The SMILES string of the molecule is CCN(c1ccc(C(=O)Nc2ccc(N3CCOCC3)cc2C)cc1)C(C)C. The first-order valence-electron chi connectivity index (χ1n) is 10.1. The van der Waals surface area contributed by atoms with Crippen molar-refractivity contribution >= 4 is 23.0 Å². The van der Waals surface area contributed by atoms with Gasteiger partial charge in [-0.1, -0.05) is 0 Å². The number of carbonyl (C=O) groups excluding carboxylic acids is 1. The molecule has 1 saturated heterocycles. The minimum absolute atomic E-state index is 0.0821. The lowest BCUT2D eigenvalue weighted by atomic mass is 10.1. The predicted molar refractivity (Wildman–Crippen MR) is 117 cm³/mol. The molecule has 2 aromatic rings. The van der Waals surface area contributed by atoms with Gasteiger partial charge < -0.3 is 19.9 Å². The highest BCUT2D eigenvalue weighted by atomic mass is 16.5. The zero-order valence-corrected chi connectivity index (χ0v) is 17.4. The van der Waals surface area contributed by atoms with Crippen molar-refractivity contribution in [2.75, 3.05) is 48.0 Å². The fourth-order valence-electron chi connectivity index (χ4n) is 3.65. The van der Waals surface area contributed by atoms with Crippen LogP contribution in [0.4, 0.5) is 17.1 Å². The maximum atomic E-state index is 12.7. The lowest BCUT2D eigenvalue weighted by molar-refractivity contribution is 0.102. The van der Waals surface area contributed by atoms with Crippen molar-refractivity contribution in [3.8, 4) is 0 Å². The molecule has 1 fully saturated rings. The summed E-state index contributed by atoms with van der Waals surface area (Å²) in [4.78, 5) is 17.3. The fourth-order valence-corrected chi connectivity index (χ4v) is 3.65. The number of benzene rings is 2. The Balaban J connectivity index is 1.68. The highest BCUT2D eigenvalue weighted by Crippen LogP contribution is 2.24. The van der Waals surface area contributed by atoms with Gasteiger partial charge >= 0.3 is 0 Å². The second kappa shape index (κ2) is 9.11. The van der Waals surface area contributed by atoms with E-state index >= 15 is 0 Å². The van der Waals surface area contributed by atoms with Gasteiger partial charge in [0, 0.05) is 48.3 Å². The third-order valence-corrected chi connectivity index (χ3v) is 5.26. The van der Waals surface area contributed by atoms with Crippen LogP contribution in [-0.4, -0.2) is 44.8 Å². The molecule has 0 saturated carbocycles. The average molecular weight is 382 g/mol. The molecule has 0 spiro atoms. The van der Waals surface area contributed by atoms with Crippen LogP contribution in [0.3, 0.4) is 0 Å². The van der Waals surface area contributed by atoms with E-state index in [1.54, 1.807) is 0 Å². The van der Waals surface area contributed by atoms with E-state index in [1.807, 2.05) is 37.3 Å². The molecule has 0 bridgehead atoms. The van der Waals surface area contributed by atoms with E-state index < -0.39 is 0 Å². The number of anilines is 3. The molecule has 0 unspecified atom stereocenters. The molecule has 0 atom stereocenters. The quantitative estimate of drug-likeness (QED) is 0.809. The van der Waals surface area contributed by atoms with Gasteiger partial charge in [0.15, 0.2) is 0 Å². The number of nitrogens with one attached hydrogen (secondary N) is 1. The Kier molecular flexibility index (Phi) is 6.57. The molecule has 3 rings (SSSR count). The number of aryl methyl sites for hydroxylation is 1. The molecule has 1 amide bonds. The summed E-state index contributed by atoms with van der Waals surface area (Å²) in [5, 5.41) is 3.05. The van der Waals surface area contributed by atoms with Crippen molar-refractivity contribution in [3.05, 3.63) is 53.6 Å². The van der Waals surface area contributed by atoms with Crippen molar-refractivity contribution in [2.24, 2.45) is 0 Å². The van der Waals surface area contributed by atoms with E-state index in [0.717, 1.165) is 49.8 Å². The van der Waals surface area contributed by atoms with Gasteiger partial charge in [0.1, 0.15) is 0 Å². The van der Waals surface area contributed by atoms with E-state index in [0.29, 0.717) is 11.6 Å². The largest absolute Gasteiger partial charge is 0.378 e. The van der Waals surface area contributed by atoms with Crippen LogP contribution < -0.4 is 15.1 Å². The molecule has 0 aliphatic carbocycles. The number of carbonyl (C=O) groups is 1. The van der Waals surface area contributed by atoms with Crippen LogP contribution in [0.25, 0.3) is 0 Å². The van der Waals surface area contributed by atoms with Crippen LogP contribution >= 0.6 is 0 Å². The molecule has 150 valence electrons. The van der Waals surface area contributed by atoms with E-state index in [1.165, 1.54) is 5.69 Å². The normalized spacial score (nSPS) is 14.2. The van der Waals surface area contributed by atoms with Crippen LogP contribution in [-0.2, 0) is 4.74 Å². The van der Waals surface area contributed by atoms with Crippen LogP contribution in [0.5, 0.6) is 0 Å². The van der Waals surface area contributed by atoms with Gasteiger partial charge in [0.25, 0.3) is 5.91 Å². The molecule has 1 aliphatic heterocycles. The number of hydrogen-bond acceptors (Lipinski definition) is 4. The van der Waals surface area contributed by atoms with Gasteiger partial charge in [-0.05, 0) is 75.7 Å². The highest BCUT2D eigenvalue weighted by Gasteiger charge is 2.14. The maximum absolute atomic E-state index is 12.7. The Hall–Kier alpha value is -2.53. The first-order valence-corrected chi connectivity index (χ1v) is 10.1. The summed E-state index contributed by atoms with van der Waals surface area (Å²) in [7, 11) is 0. The first kappa shape index (κ1) is 20.2. The Morgan fingerprint density at radius 1 is 1.14 bits per heavy atom. The number of amides is 1. The number of ether oxygens (including phenoxy) is 1. The monoisotopic (exact) mass is 381 g/mol. The molecule has 28 heavy (non-hydrogen) atoms. The number of nitrogens with zero attached hydrogens (tertiary/aromatic N) is 2. The molecular formula is C23H31N3O2. The molecule has 1 N–H and O–H groups in total. The summed E-state index contributed by atoms with van der Waals surface area (Å²) in [6, 6.07) is 14.5. The number of hydrogen-bond donors (Lipinski definition) is 1. The molecule has 1 aliphatic rings. The molecule has 5 heteroatoms. The van der Waals surface area contributed by atoms with Crippen LogP contribution in [0.15, 0.2) is 42.5 Å². The van der Waals surface area contributed by atoms with E-state index in [4.69, 9.17) is 4.74 Å². The van der Waals surface area contributed by atoms with Crippen LogP contribution in [0.2, 0.25) is 0 Å².